The summed E-state index contributed by atoms with van der Waals surface area (Å²) in [6, 6.07) is 15.6. The Bertz CT molecular complexity index is 784. The van der Waals surface area contributed by atoms with Crippen LogP contribution in [-0.4, -0.2) is 21.3 Å². The van der Waals surface area contributed by atoms with Crippen LogP contribution < -0.4 is 4.74 Å². The lowest BCUT2D eigenvalue weighted by Gasteiger charge is -2.03. The van der Waals surface area contributed by atoms with Crippen molar-refractivity contribution >= 4 is 5.97 Å². The maximum Gasteiger partial charge on any atom is 0.335 e. The molecule has 1 heterocycles. The number of hydrogen-bond donors (Lipinski definition) is 1. The molecule has 0 spiro atoms. The second-order valence-electron chi connectivity index (χ2n) is 4.49. The molecule has 0 atom stereocenters. The van der Waals surface area contributed by atoms with Crippen LogP contribution in [0.25, 0.3) is 11.5 Å². The minimum atomic E-state index is -1.00. The summed E-state index contributed by atoms with van der Waals surface area (Å²) in [5.41, 5.74) is 0.988. The molecule has 22 heavy (non-hydrogen) atoms. The van der Waals surface area contributed by atoms with Crippen LogP contribution >= 0.6 is 0 Å². The average molecular weight is 296 g/mol. The van der Waals surface area contributed by atoms with Crippen LogP contribution in [0.3, 0.4) is 0 Å². The van der Waals surface area contributed by atoms with E-state index in [0.717, 1.165) is 5.56 Å². The molecule has 0 saturated carbocycles. The lowest BCUT2D eigenvalue weighted by molar-refractivity contribution is 0.0696. The van der Waals surface area contributed by atoms with E-state index in [1.54, 1.807) is 12.1 Å². The number of aromatic carboxylic acids is 1. The molecule has 0 unspecified atom stereocenters. The molecule has 3 aromatic rings. The van der Waals surface area contributed by atoms with Crippen molar-refractivity contribution in [3.8, 4) is 17.2 Å². The van der Waals surface area contributed by atoms with Crippen molar-refractivity contribution in [1.82, 2.24) is 10.2 Å². The van der Waals surface area contributed by atoms with E-state index in [-0.39, 0.29) is 12.2 Å². The zero-order valence-corrected chi connectivity index (χ0v) is 11.5. The fourth-order valence-corrected chi connectivity index (χ4v) is 1.87. The van der Waals surface area contributed by atoms with Gasteiger partial charge in [0.2, 0.25) is 5.89 Å². The number of aromatic nitrogens is 2. The summed E-state index contributed by atoms with van der Waals surface area (Å²) in [4.78, 5) is 10.9. The van der Waals surface area contributed by atoms with Crippen molar-refractivity contribution in [3.63, 3.8) is 0 Å². The summed E-state index contributed by atoms with van der Waals surface area (Å²) in [7, 11) is 0. The van der Waals surface area contributed by atoms with E-state index < -0.39 is 5.97 Å². The highest BCUT2D eigenvalue weighted by atomic mass is 16.5. The number of ether oxygens (including phenoxy) is 1. The Morgan fingerprint density at radius 1 is 1.09 bits per heavy atom. The monoisotopic (exact) mass is 296 g/mol. The normalized spacial score (nSPS) is 10.4. The van der Waals surface area contributed by atoms with E-state index in [2.05, 4.69) is 10.2 Å². The molecule has 6 heteroatoms. The first-order chi connectivity index (χ1) is 10.7. The third-order valence-electron chi connectivity index (χ3n) is 2.93. The van der Waals surface area contributed by atoms with Crippen molar-refractivity contribution in [2.24, 2.45) is 0 Å². The predicted molar refractivity (Wildman–Crippen MR) is 77.5 cm³/mol. The van der Waals surface area contributed by atoms with E-state index in [9.17, 15) is 4.79 Å². The van der Waals surface area contributed by atoms with Crippen LogP contribution in [0.2, 0.25) is 0 Å². The Labute approximate surface area is 126 Å². The van der Waals surface area contributed by atoms with E-state index in [4.69, 9.17) is 14.3 Å². The molecular formula is C16H12N2O4. The number of rotatable bonds is 5. The van der Waals surface area contributed by atoms with Crippen molar-refractivity contribution < 1.29 is 19.1 Å². The maximum atomic E-state index is 10.9. The van der Waals surface area contributed by atoms with Gasteiger partial charge in [-0.1, -0.05) is 24.3 Å². The molecule has 3 rings (SSSR count). The minimum Gasteiger partial charge on any atom is -0.484 e. The van der Waals surface area contributed by atoms with Crippen LogP contribution in [-0.2, 0) is 6.61 Å². The Hall–Kier alpha value is -3.15. The molecule has 110 valence electrons. The van der Waals surface area contributed by atoms with Gasteiger partial charge >= 0.3 is 5.97 Å². The van der Waals surface area contributed by atoms with Gasteiger partial charge in [-0.2, -0.15) is 0 Å². The largest absolute Gasteiger partial charge is 0.484 e. The highest BCUT2D eigenvalue weighted by Gasteiger charge is 2.09. The SMILES string of the molecule is O=C(O)c1cccc(OCc2nnc(-c3ccccc3)o2)c1. The molecule has 0 aliphatic rings. The lowest BCUT2D eigenvalue weighted by Crippen LogP contribution is -1.99. The summed E-state index contributed by atoms with van der Waals surface area (Å²) in [5, 5.41) is 16.8. The third-order valence-corrected chi connectivity index (χ3v) is 2.93. The molecular weight excluding hydrogens is 284 g/mol. The Morgan fingerprint density at radius 3 is 2.68 bits per heavy atom. The van der Waals surface area contributed by atoms with Crippen molar-refractivity contribution in [2.45, 2.75) is 6.61 Å². The van der Waals surface area contributed by atoms with Gasteiger partial charge in [0.1, 0.15) is 5.75 Å². The Morgan fingerprint density at radius 2 is 1.91 bits per heavy atom. The number of carbonyl (C=O) groups is 1. The van der Waals surface area contributed by atoms with Gasteiger partial charge in [0.15, 0.2) is 6.61 Å². The van der Waals surface area contributed by atoms with Gasteiger partial charge in [-0.15, -0.1) is 10.2 Å². The van der Waals surface area contributed by atoms with Crippen LogP contribution in [0.15, 0.2) is 59.0 Å². The minimum absolute atomic E-state index is 0.0723. The molecule has 0 radical (unpaired) electrons. The predicted octanol–water partition coefficient (Wildman–Crippen LogP) is 3.01. The number of carboxylic acids is 1. The van der Waals surface area contributed by atoms with Crippen LogP contribution in [0.5, 0.6) is 5.75 Å². The maximum absolute atomic E-state index is 10.9. The molecule has 0 bridgehead atoms. The van der Waals surface area contributed by atoms with Gasteiger partial charge in [-0.05, 0) is 30.3 Å². The van der Waals surface area contributed by atoms with Crippen LogP contribution in [0, 0.1) is 0 Å². The summed E-state index contributed by atoms with van der Waals surface area (Å²) in [6.07, 6.45) is 0. The van der Waals surface area contributed by atoms with Gasteiger partial charge in [-0.3, -0.25) is 0 Å². The van der Waals surface area contributed by atoms with Gasteiger partial charge in [0, 0.05) is 5.56 Å². The molecule has 2 aromatic carbocycles. The molecule has 0 aliphatic heterocycles. The summed E-state index contributed by atoms with van der Waals surface area (Å²) in [6.45, 7) is 0.0723. The van der Waals surface area contributed by atoms with E-state index in [0.29, 0.717) is 17.5 Å². The van der Waals surface area contributed by atoms with Gasteiger partial charge < -0.3 is 14.3 Å². The van der Waals surface area contributed by atoms with Gasteiger partial charge in [0.25, 0.3) is 5.89 Å². The highest BCUT2D eigenvalue weighted by molar-refractivity contribution is 5.87. The topological polar surface area (TPSA) is 85.5 Å². The molecule has 1 N–H and O–H groups in total. The fraction of sp³-hybridized carbons (Fsp3) is 0.0625. The zero-order valence-electron chi connectivity index (χ0n) is 11.5. The Kier molecular flexibility index (Phi) is 3.82. The van der Waals surface area contributed by atoms with Gasteiger partial charge in [0.05, 0.1) is 5.56 Å². The second-order valence-corrected chi connectivity index (χ2v) is 4.49. The van der Waals surface area contributed by atoms with Crippen molar-refractivity contribution in [1.29, 1.82) is 0 Å². The number of nitrogens with zero attached hydrogens (tertiary/aromatic N) is 2. The van der Waals surface area contributed by atoms with Crippen molar-refractivity contribution in [3.05, 3.63) is 66.1 Å². The third kappa shape index (κ3) is 3.12. The molecule has 0 amide bonds. The molecule has 0 aliphatic carbocycles. The summed E-state index contributed by atoms with van der Waals surface area (Å²) < 4.78 is 11.0. The first-order valence-corrected chi connectivity index (χ1v) is 6.56. The zero-order chi connectivity index (χ0) is 15.4. The van der Waals surface area contributed by atoms with E-state index >= 15 is 0 Å². The number of carboxylic acid groups (broad SMARTS) is 1. The van der Waals surface area contributed by atoms with Crippen LogP contribution in [0.4, 0.5) is 0 Å². The number of hydrogen-bond acceptors (Lipinski definition) is 5. The van der Waals surface area contributed by atoms with E-state index in [1.165, 1.54) is 12.1 Å². The average Bonchev–Trinajstić information content (AvgIpc) is 3.03. The molecule has 6 nitrogen and oxygen atoms in total. The first kappa shape index (κ1) is 13.8. The van der Waals surface area contributed by atoms with E-state index in [1.807, 2.05) is 30.3 Å². The van der Waals surface area contributed by atoms with Crippen molar-refractivity contribution in [2.75, 3.05) is 0 Å². The lowest BCUT2D eigenvalue weighted by atomic mass is 10.2. The van der Waals surface area contributed by atoms with Crippen LogP contribution in [0.1, 0.15) is 16.2 Å². The summed E-state index contributed by atoms with van der Waals surface area (Å²) in [5.74, 6) is 0.159. The molecule has 1 aromatic heterocycles. The molecule has 0 fully saturated rings. The quantitative estimate of drug-likeness (QED) is 0.779. The highest BCUT2D eigenvalue weighted by Crippen LogP contribution is 2.19. The summed E-state index contributed by atoms with van der Waals surface area (Å²) >= 11 is 0. The number of benzene rings is 2. The smallest absolute Gasteiger partial charge is 0.335 e. The Balaban J connectivity index is 1.69. The molecule has 0 saturated heterocycles. The standard InChI is InChI=1S/C16H12N2O4/c19-16(20)12-7-4-8-13(9-12)21-10-14-17-18-15(22-14)11-5-2-1-3-6-11/h1-9H,10H2,(H,19,20). The first-order valence-electron chi connectivity index (χ1n) is 6.56. The fourth-order valence-electron chi connectivity index (χ4n) is 1.87. The van der Waals surface area contributed by atoms with Gasteiger partial charge in [-0.25, -0.2) is 4.79 Å². The second kappa shape index (κ2) is 6.09.